The Morgan fingerprint density at radius 3 is 2.78 bits per heavy atom. The molecule has 0 saturated carbocycles. The Bertz CT molecular complexity index is 191. The Balaban J connectivity index is 2.18. The van der Waals surface area contributed by atoms with Crippen molar-refractivity contribution in [2.24, 2.45) is 0 Å². The molecule has 2 unspecified atom stereocenters. The van der Waals surface area contributed by atoms with Crippen LogP contribution in [0.2, 0.25) is 0 Å². The molecule has 1 fully saturated rings. The third kappa shape index (κ3) is 1.01. The lowest BCUT2D eigenvalue weighted by atomic mass is 10.3. The van der Waals surface area contributed by atoms with Crippen molar-refractivity contribution in [3.8, 4) is 0 Å². The molecule has 1 saturated heterocycles. The van der Waals surface area contributed by atoms with Crippen LogP contribution in [-0.4, -0.2) is 5.25 Å². The van der Waals surface area contributed by atoms with E-state index in [1.54, 1.807) is 4.88 Å². The standard InChI is InChI=1S/C7H8S2/c1-5-7(9-5)6-3-2-4-8-6/h2-5,7H,1H3. The predicted molar refractivity (Wildman–Crippen MR) is 44.1 cm³/mol. The Morgan fingerprint density at radius 2 is 2.33 bits per heavy atom. The van der Waals surface area contributed by atoms with Gasteiger partial charge in [-0.2, -0.15) is 0 Å². The van der Waals surface area contributed by atoms with Crippen LogP contribution in [0.5, 0.6) is 0 Å². The molecule has 1 aliphatic heterocycles. The molecule has 0 spiro atoms. The van der Waals surface area contributed by atoms with Gasteiger partial charge >= 0.3 is 0 Å². The van der Waals surface area contributed by atoms with Gasteiger partial charge in [0, 0.05) is 10.1 Å². The van der Waals surface area contributed by atoms with E-state index in [2.05, 4.69) is 36.2 Å². The SMILES string of the molecule is CC1SC1c1cccs1. The summed E-state index contributed by atoms with van der Waals surface area (Å²) in [5.74, 6) is 0. The molecule has 0 aromatic carbocycles. The van der Waals surface area contributed by atoms with Crippen LogP contribution in [0.25, 0.3) is 0 Å². The molecule has 48 valence electrons. The number of hydrogen-bond acceptors (Lipinski definition) is 2. The Hall–Kier alpha value is 0.0500. The van der Waals surface area contributed by atoms with Crippen LogP contribution in [-0.2, 0) is 0 Å². The fourth-order valence-electron chi connectivity index (χ4n) is 0.937. The second-order valence-corrected chi connectivity index (χ2v) is 4.78. The van der Waals surface area contributed by atoms with E-state index in [1.807, 2.05) is 11.3 Å². The van der Waals surface area contributed by atoms with E-state index < -0.39 is 0 Å². The highest BCUT2D eigenvalue weighted by Crippen LogP contribution is 2.55. The molecule has 2 rings (SSSR count). The summed E-state index contributed by atoms with van der Waals surface area (Å²) in [4.78, 5) is 1.55. The first-order valence-corrected chi connectivity index (χ1v) is 4.89. The van der Waals surface area contributed by atoms with E-state index in [0.29, 0.717) is 0 Å². The summed E-state index contributed by atoms with van der Waals surface area (Å²) in [6, 6.07) is 4.36. The van der Waals surface area contributed by atoms with Crippen LogP contribution >= 0.6 is 23.1 Å². The third-order valence-corrected chi connectivity index (χ3v) is 3.98. The van der Waals surface area contributed by atoms with Crippen LogP contribution in [0.3, 0.4) is 0 Å². The van der Waals surface area contributed by atoms with Crippen LogP contribution in [0.15, 0.2) is 17.5 Å². The minimum atomic E-state index is 0.838. The average molecular weight is 156 g/mol. The molecular weight excluding hydrogens is 148 g/mol. The van der Waals surface area contributed by atoms with Gasteiger partial charge in [-0.3, -0.25) is 0 Å². The molecule has 2 heteroatoms. The highest BCUT2D eigenvalue weighted by atomic mass is 32.2. The zero-order valence-corrected chi connectivity index (χ0v) is 6.84. The van der Waals surface area contributed by atoms with Gasteiger partial charge in [-0.25, -0.2) is 0 Å². The fourth-order valence-corrected chi connectivity index (χ4v) is 2.90. The molecule has 2 atom stereocenters. The fraction of sp³-hybridized carbons (Fsp3) is 0.429. The van der Waals surface area contributed by atoms with Gasteiger partial charge in [-0.1, -0.05) is 13.0 Å². The summed E-state index contributed by atoms with van der Waals surface area (Å²) in [6.07, 6.45) is 0. The van der Waals surface area contributed by atoms with E-state index in [0.717, 1.165) is 10.5 Å². The van der Waals surface area contributed by atoms with Gasteiger partial charge in [0.25, 0.3) is 0 Å². The predicted octanol–water partition coefficient (Wildman–Crippen LogP) is 2.92. The van der Waals surface area contributed by atoms with Gasteiger partial charge in [0.2, 0.25) is 0 Å². The normalized spacial score (nSPS) is 32.6. The molecule has 9 heavy (non-hydrogen) atoms. The number of thiophene rings is 1. The Kier molecular flexibility index (Phi) is 1.31. The second-order valence-electron chi connectivity index (χ2n) is 2.28. The maximum absolute atomic E-state index is 2.29. The maximum atomic E-state index is 2.29. The van der Waals surface area contributed by atoms with Gasteiger partial charge in [0.15, 0.2) is 0 Å². The van der Waals surface area contributed by atoms with E-state index >= 15 is 0 Å². The molecule has 0 nitrogen and oxygen atoms in total. The lowest BCUT2D eigenvalue weighted by Crippen LogP contribution is -1.74. The first kappa shape index (κ1) is 5.81. The van der Waals surface area contributed by atoms with E-state index in [4.69, 9.17) is 0 Å². The minimum absolute atomic E-state index is 0.838. The molecule has 1 aromatic heterocycles. The summed E-state index contributed by atoms with van der Waals surface area (Å²) in [5, 5.41) is 3.87. The molecule has 0 bridgehead atoms. The van der Waals surface area contributed by atoms with Gasteiger partial charge < -0.3 is 0 Å². The van der Waals surface area contributed by atoms with E-state index in [1.165, 1.54) is 0 Å². The van der Waals surface area contributed by atoms with Crippen molar-refractivity contribution >= 4 is 23.1 Å². The summed E-state index contributed by atoms with van der Waals surface area (Å²) < 4.78 is 0. The van der Waals surface area contributed by atoms with Crippen LogP contribution in [0.4, 0.5) is 0 Å². The van der Waals surface area contributed by atoms with Crippen molar-refractivity contribution in [2.75, 3.05) is 0 Å². The van der Waals surface area contributed by atoms with Crippen molar-refractivity contribution < 1.29 is 0 Å². The number of thioether (sulfide) groups is 1. The Morgan fingerprint density at radius 1 is 1.56 bits per heavy atom. The topological polar surface area (TPSA) is 0 Å². The van der Waals surface area contributed by atoms with Crippen LogP contribution in [0.1, 0.15) is 17.1 Å². The zero-order chi connectivity index (χ0) is 6.27. The first-order valence-electron chi connectivity index (χ1n) is 3.07. The summed E-state index contributed by atoms with van der Waals surface area (Å²) in [6.45, 7) is 2.29. The highest BCUT2D eigenvalue weighted by Gasteiger charge is 2.35. The Labute approximate surface area is 63.3 Å². The lowest BCUT2D eigenvalue weighted by molar-refractivity contribution is 1.06. The van der Waals surface area contributed by atoms with Crippen molar-refractivity contribution in [1.29, 1.82) is 0 Å². The lowest BCUT2D eigenvalue weighted by Gasteiger charge is -1.83. The maximum Gasteiger partial charge on any atom is 0.0510 e. The average Bonchev–Trinajstić information content (AvgIpc) is 2.44. The number of rotatable bonds is 1. The van der Waals surface area contributed by atoms with Crippen LogP contribution < -0.4 is 0 Å². The minimum Gasteiger partial charge on any atom is -0.148 e. The van der Waals surface area contributed by atoms with Gasteiger partial charge in [0.05, 0.1) is 5.25 Å². The van der Waals surface area contributed by atoms with Crippen molar-refractivity contribution in [1.82, 2.24) is 0 Å². The molecule has 0 amide bonds. The molecule has 2 heterocycles. The highest BCUT2D eigenvalue weighted by molar-refractivity contribution is 8.07. The monoisotopic (exact) mass is 156 g/mol. The van der Waals surface area contributed by atoms with Crippen molar-refractivity contribution in [3.05, 3.63) is 22.4 Å². The molecular formula is C7H8S2. The summed E-state index contributed by atoms with van der Waals surface area (Å²) >= 11 is 3.94. The zero-order valence-electron chi connectivity index (χ0n) is 5.20. The summed E-state index contributed by atoms with van der Waals surface area (Å²) in [5.41, 5.74) is 0. The number of hydrogen-bond donors (Lipinski definition) is 0. The third-order valence-electron chi connectivity index (χ3n) is 1.53. The quantitative estimate of drug-likeness (QED) is 0.563. The van der Waals surface area contributed by atoms with Crippen LogP contribution in [0, 0.1) is 0 Å². The van der Waals surface area contributed by atoms with Gasteiger partial charge in [-0.15, -0.1) is 23.1 Å². The van der Waals surface area contributed by atoms with Gasteiger partial charge in [-0.05, 0) is 11.4 Å². The molecule has 1 aromatic rings. The van der Waals surface area contributed by atoms with E-state index in [9.17, 15) is 0 Å². The second kappa shape index (κ2) is 2.03. The molecule has 0 aliphatic carbocycles. The first-order chi connectivity index (χ1) is 4.38. The van der Waals surface area contributed by atoms with Crippen molar-refractivity contribution in [2.45, 2.75) is 17.4 Å². The van der Waals surface area contributed by atoms with Gasteiger partial charge in [0.1, 0.15) is 0 Å². The van der Waals surface area contributed by atoms with Crippen molar-refractivity contribution in [3.63, 3.8) is 0 Å². The summed E-state index contributed by atoms with van der Waals surface area (Å²) in [7, 11) is 0. The van der Waals surface area contributed by atoms with E-state index in [-0.39, 0.29) is 0 Å². The largest absolute Gasteiger partial charge is 0.148 e. The molecule has 0 radical (unpaired) electrons. The molecule has 0 N–H and O–H groups in total. The smallest absolute Gasteiger partial charge is 0.0510 e. The molecule has 1 aliphatic rings.